The van der Waals surface area contributed by atoms with Gasteiger partial charge >= 0.3 is 0 Å². The molecule has 1 atom stereocenters. The highest BCUT2D eigenvalue weighted by Crippen LogP contribution is 2.11. The maximum absolute atomic E-state index is 11.5. The van der Waals surface area contributed by atoms with Gasteiger partial charge in [0.2, 0.25) is 5.91 Å². The number of carbonyl (C=O) groups excluding carboxylic acids is 1. The molecule has 1 amide bonds. The molecular formula is C13H26N2O2. The lowest BCUT2D eigenvalue weighted by molar-refractivity contribution is -0.122. The minimum atomic E-state index is -0.131. The molecule has 0 saturated carbocycles. The summed E-state index contributed by atoms with van der Waals surface area (Å²) in [6, 6.07) is 0. The van der Waals surface area contributed by atoms with E-state index in [0.29, 0.717) is 12.3 Å². The Morgan fingerprint density at radius 3 is 2.76 bits per heavy atom. The molecule has 1 aliphatic rings. The SMILES string of the molecule is CC(C)(C)NC(=O)CCNCC1CCCOC1. The first-order valence-corrected chi connectivity index (χ1v) is 6.57. The third-order valence-electron chi connectivity index (χ3n) is 2.73. The quantitative estimate of drug-likeness (QED) is 0.715. The number of rotatable bonds is 5. The summed E-state index contributed by atoms with van der Waals surface area (Å²) in [6.45, 7) is 9.47. The second kappa shape index (κ2) is 6.97. The molecule has 0 bridgehead atoms. The summed E-state index contributed by atoms with van der Waals surface area (Å²) in [7, 11) is 0. The topological polar surface area (TPSA) is 50.4 Å². The fraction of sp³-hybridized carbons (Fsp3) is 0.923. The maximum atomic E-state index is 11.5. The molecule has 0 spiro atoms. The summed E-state index contributed by atoms with van der Waals surface area (Å²) in [5, 5.41) is 6.28. The fourth-order valence-electron chi connectivity index (χ4n) is 1.96. The molecule has 0 aliphatic carbocycles. The van der Waals surface area contributed by atoms with Crippen LogP contribution in [0.3, 0.4) is 0 Å². The van der Waals surface area contributed by atoms with Crippen LogP contribution >= 0.6 is 0 Å². The second-order valence-corrected chi connectivity index (χ2v) is 5.84. The van der Waals surface area contributed by atoms with E-state index >= 15 is 0 Å². The summed E-state index contributed by atoms with van der Waals surface area (Å²) in [5.41, 5.74) is -0.131. The molecule has 0 aromatic heterocycles. The first-order valence-electron chi connectivity index (χ1n) is 6.57. The van der Waals surface area contributed by atoms with Gasteiger partial charge in [0.05, 0.1) is 6.61 Å². The van der Waals surface area contributed by atoms with Crippen molar-refractivity contribution in [2.24, 2.45) is 5.92 Å². The van der Waals surface area contributed by atoms with Crippen LogP contribution in [0.15, 0.2) is 0 Å². The van der Waals surface area contributed by atoms with E-state index in [4.69, 9.17) is 4.74 Å². The standard InChI is InChI=1S/C13H26N2O2/c1-13(2,3)15-12(16)6-7-14-9-11-5-4-8-17-10-11/h11,14H,4-10H2,1-3H3,(H,15,16). The molecule has 2 N–H and O–H groups in total. The average molecular weight is 242 g/mol. The number of hydrogen-bond donors (Lipinski definition) is 2. The minimum absolute atomic E-state index is 0.116. The Balaban J connectivity index is 2.01. The molecule has 1 aliphatic heterocycles. The Kier molecular flexibility index (Phi) is 5.92. The highest BCUT2D eigenvalue weighted by Gasteiger charge is 2.15. The third kappa shape index (κ3) is 7.34. The number of carbonyl (C=O) groups is 1. The van der Waals surface area contributed by atoms with Crippen molar-refractivity contribution in [3.8, 4) is 0 Å². The molecule has 1 rings (SSSR count). The zero-order valence-corrected chi connectivity index (χ0v) is 11.3. The molecule has 4 heteroatoms. The lowest BCUT2D eigenvalue weighted by atomic mass is 10.0. The summed E-state index contributed by atoms with van der Waals surface area (Å²) in [4.78, 5) is 11.5. The molecule has 1 saturated heterocycles. The summed E-state index contributed by atoms with van der Waals surface area (Å²) >= 11 is 0. The number of ether oxygens (including phenoxy) is 1. The zero-order chi connectivity index (χ0) is 12.7. The summed E-state index contributed by atoms with van der Waals surface area (Å²) in [6.07, 6.45) is 2.95. The van der Waals surface area contributed by atoms with E-state index < -0.39 is 0 Å². The fourth-order valence-corrected chi connectivity index (χ4v) is 1.96. The summed E-state index contributed by atoms with van der Waals surface area (Å²) < 4.78 is 5.41. The molecular weight excluding hydrogens is 216 g/mol. The van der Waals surface area contributed by atoms with Gasteiger partial charge in [-0.1, -0.05) is 0 Å². The predicted octanol–water partition coefficient (Wildman–Crippen LogP) is 1.31. The van der Waals surface area contributed by atoms with E-state index in [1.165, 1.54) is 6.42 Å². The first kappa shape index (κ1) is 14.5. The van der Waals surface area contributed by atoms with E-state index in [2.05, 4.69) is 10.6 Å². The van der Waals surface area contributed by atoms with Crippen LogP contribution in [0.2, 0.25) is 0 Å². The van der Waals surface area contributed by atoms with Gasteiger partial charge in [-0.15, -0.1) is 0 Å². The van der Waals surface area contributed by atoms with E-state index in [1.54, 1.807) is 0 Å². The van der Waals surface area contributed by atoms with Crippen LogP contribution in [0.4, 0.5) is 0 Å². The molecule has 4 nitrogen and oxygen atoms in total. The van der Waals surface area contributed by atoms with Crippen molar-refractivity contribution < 1.29 is 9.53 Å². The Hall–Kier alpha value is -0.610. The van der Waals surface area contributed by atoms with E-state index in [9.17, 15) is 4.79 Å². The van der Waals surface area contributed by atoms with E-state index in [-0.39, 0.29) is 11.4 Å². The van der Waals surface area contributed by atoms with Gasteiger partial charge in [-0.05, 0) is 39.5 Å². The van der Waals surface area contributed by atoms with Crippen molar-refractivity contribution in [2.75, 3.05) is 26.3 Å². The molecule has 1 fully saturated rings. The smallest absolute Gasteiger partial charge is 0.221 e. The van der Waals surface area contributed by atoms with Crippen LogP contribution in [0.25, 0.3) is 0 Å². The predicted molar refractivity (Wildman–Crippen MR) is 68.9 cm³/mol. The maximum Gasteiger partial charge on any atom is 0.221 e. The number of nitrogens with one attached hydrogen (secondary N) is 2. The van der Waals surface area contributed by atoms with Crippen LogP contribution in [0.1, 0.15) is 40.0 Å². The van der Waals surface area contributed by atoms with Crippen LogP contribution in [0.5, 0.6) is 0 Å². The molecule has 0 radical (unpaired) electrons. The Morgan fingerprint density at radius 2 is 2.18 bits per heavy atom. The van der Waals surface area contributed by atoms with Crippen molar-refractivity contribution in [1.82, 2.24) is 10.6 Å². The largest absolute Gasteiger partial charge is 0.381 e. The van der Waals surface area contributed by atoms with Crippen LogP contribution in [-0.4, -0.2) is 37.7 Å². The van der Waals surface area contributed by atoms with Gasteiger partial charge in [0.25, 0.3) is 0 Å². The minimum Gasteiger partial charge on any atom is -0.381 e. The second-order valence-electron chi connectivity index (χ2n) is 5.84. The monoisotopic (exact) mass is 242 g/mol. The molecule has 0 aromatic rings. The van der Waals surface area contributed by atoms with Crippen LogP contribution < -0.4 is 10.6 Å². The van der Waals surface area contributed by atoms with E-state index in [0.717, 1.165) is 32.7 Å². The van der Waals surface area contributed by atoms with Crippen molar-refractivity contribution in [3.05, 3.63) is 0 Å². The van der Waals surface area contributed by atoms with Crippen molar-refractivity contribution in [3.63, 3.8) is 0 Å². The van der Waals surface area contributed by atoms with E-state index in [1.807, 2.05) is 20.8 Å². The average Bonchev–Trinajstić information content (AvgIpc) is 2.23. The number of amides is 1. The molecule has 100 valence electrons. The van der Waals surface area contributed by atoms with Gasteiger partial charge in [-0.3, -0.25) is 4.79 Å². The van der Waals surface area contributed by atoms with Gasteiger partial charge in [-0.2, -0.15) is 0 Å². The normalized spacial score (nSPS) is 21.2. The first-order chi connectivity index (χ1) is 7.97. The van der Waals surface area contributed by atoms with Gasteiger partial charge < -0.3 is 15.4 Å². The van der Waals surface area contributed by atoms with Crippen molar-refractivity contribution in [1.29, 1.82) is 0 Å². The molecule has 1 unspecified atom stereocenters. The Labute approximate surface area is 104 Å². The highest BCUT2D eigenvalue weighted by molar-refractivity contribution is 5.76. The molecule has 1 heterocycles. The van der Waals surface area contributed by atoms with Crippen molar-refractivity contribution in [2.45, 2.75) is 45.6 Å². The highest BCUT2D eigenvalue weighted by atomic mass is 16.5. The molecule has 17 heavy (non-hydrogen) atoms. The van der Waals surface area contributed by atoms with Gasteiger partial charge in [0.15, 0.2) is 0 Å². The van der Waals surface area contributed by atoms with Gasteiger partial charge in [0.1, 0.15) is 0 Å². The molecule has 0 aromatic carbocycles. The van der Waals surface area contributed by atoms with Crippen molar-refractivity contribution >= 4 is 5.91 Å². The Morgan fingerprint density at radius 1 is 1.41 bits per heavy atom. The van der Waals surface area contributed by atoms with Gasteiger partial charge in [0, 0.05) is 31.7 Å². The third-order valence-corrected chi connectivity index (χ3v) is 2.73. The van der Waals surface area contributed by atoms with Crippen LogP contribution in [0, 0.1) is 5.92 Å². The van der Waals surface area contributed by atoms with Gasteiger partial charge in [-0.25, -0.2) is 0 Å². The lowest BCUT2D eigenvalue weighted by Gasteiger charge is -2.23. The van der Waals surface area contributed by atoms with Crippen LogP contribution in [-0.2, 0) is 9.53 Å². The Bertz CT molecular complexity index is 230. The number of hydrogen-bond acceptors (Lipinski definition) is 3. The summed E-state index contributed by atoms with van der Waals surface area (Å²) in [5.74, 6) is 0.735. The lowest BCUT2D eigenvalue weighted by Crippen LogP contribution is -2.42. The zero-order valence-electron chi connectivity index (χ0n) is 11.3.